The zero-order valence-corrected chi connectivity index (χ0v) is 11.9. The van der Waals surface area contributed by atoms with Gasteiger partial charge in [0.15, 0.2) is 6.29 Å². The average molecular weight is 320 g/mol. The number of hydrogen-bond acceptors (Lipinski definition) is 6. The molecule has 1 aromatic carbocycles. The Balaban J connectivity index is 2.62. The molecule has 0 aromatic heterocycles. The van der Waals surface area contributed by atoms with Crippen LogP contribution in [0.1, 0.15) is 5.56 Å². The Bertz CT molecular complexity index is 473. The van der Waals surface area contributed by atoms with E-state index in [0.29, 0.717) is 0 Å². The van der Waals surface area contributed by atoms with E-state index in [4.69, 9.17) is 14.5 Å². The van der Waals surface area contributed by atoms with E-state index in [1.54, 1.807) is 30.3 Å². The Kier molecular flexibility index (Phi) is 7.13. The van der Waals surface area contributed by atoms with E-state index < -0.39 is 32.7 Å². The van der Waals surface area contributed by atoms with Gasteiger partial charge in [-0.15, -0.1) is 0 Å². The van der Waals surface area contributed by atoms with Gasteiger partial charge in [-0.3, -0.25) is 4.52 Å². The number of phosphoric ester groups is 1. The molecule has 0 aliphatic carbocycles. The number of hydrogen-bond donors (Lipinski definition) is 4. The van der Waals surface area contributed by atoms with Crippen molar-refractivity contribution in [1.29, 1.82) is 0 Å². The van der Waals surface area contributed by atoms with Crippen LogP contribution in [0.5, 0.6) is 0 Å². The van der Waals surface area contributed by atoms with Crippen LogP contribution in [0.25, 0.3) is 0 Å². The molecule has 0 saturated carbocycles. The maximum absolute atomic E-state index is 10.6. The monoisotopic (exact) mass is 320 g/mol. The van der Waals surface area contributed by atoms with Crippen molar-refractivity contribution in [3.8, 4) is 0 Å². The molecule has 0 unspecified atom stereocenters. The molecular weight excluding hydrogens is 303 g/mol. The third-order valence-electron chi connectivity index (χ3n) is 2.55. The van der Waals surface area contributed by atoms with Crippen LogP contribution in [-0.2, 0) is 25.2 Å². The minimum absolute atomic E-state index is 0.00335. The molecule has 0 heterocycles. The van der Waals surface area contributed by atoms with Gasteiger partial charge in [0.2, 0.25) is 0 Å². The summed E-state index contributed by atoms with van der Waals surface area (Å²) in [6.07, 6.45) is -4.43. The van der Waals surface area contributed by atoms with E-state index in [-0.39, 0.29) is 12.9 Å². The van der Waals surface area contributed by atoms with Gasteiger partial charge in [-0.05, 0) is 5.56 Å². The summed E-state index contributed by atoms with van der Waals surface area (Å²) in [4.78, 5) is 27.7. The molecule has 1 rings (SSSR count). The van der Waals surface area contributed by atoms with Gasteiger partial charge in [0, 0.05) is 0 Å². The summed E-state index contributed by atoms with van der Waals surface area (Å²) in [7, 11) is -4.76. The van der Waals surface area contributed by atoms with Crippen molar-refractivity contribution >= 4 is 14.1 Å². The van der Waals surface area contributed by atoms with Crippen molar-refractivity contribution in [1.82, 2.24) is 0 Å². The fourth-order valence-corrected chi connectivity index (χ4v) is 1.90. The first kappa shape index (κ1) is 17.9. The number of aldehydes is 1. The van der Waals surface area contributed by atoms with Gasteiger partial charge in [0.1, 0.15) is 18.3 Å². The maximum atomic E-state index is 10.6. The second-order valence-electron chi connectivity index (χ2n) is 4.24. The number of ether oxygens (including phenoxy) is 1. The molecule has 9 heteroatoms. The highest BCUT2D eigenvalue weighted by Gasteiger charge is 2.30. The number of rotatable bonds is 9. The summed E-state index contributed by atoms with van der Waals surface area (Å²) in [5, 5.41) is 19.2. The Hall–Kier alpha value is -1.12. The molecule has 0 bridgehead atoms. The number of aliphatic hydroxyl groups is 2. The quantitative estimate of drug-likeness (QED) is 0.357. The molecule has 0 aliphatic heterocycles. The average Bonchev–Trinajstić information content (AvgIpc) is 2.45. The van der Waals surface area contributed by atoms with Crippen LogP contribution in [0.3, 0.4) is 0 Å². The Morgan fingerprint density at radius 1 is 1.19 bits per heavy atom. The Morgan fingerprint density at radius 2 is 1.81 bits per heavy atom. The summed E-state index contributed by atoms with van der Waals surface area (Å²) in [5.74, 6) is 0. The summed E-state index contributed by atoms with van der Waals surface area (Å²) >= 11 is 0. The summed E-state index contributed by atoms with van der Waals surface area (Å²) in [6, 6.07) is 8.80. The van der Waals surface area contributed by atoms with E-state index in [0.717, 1.165) is 5.56 Å². The Labute approximate surface area is 121 Å². The van der Waals surface area contributed by atoms with Gasteiger partial charge in [-0.2, -0.15) is 0 Å². The van der Waals surface area contributed by atoms with Gasteiger partial charge in [0.05, 0.1) is 13.2 Å². The molecule has 0 saturated heterocycles. The highest BCUT2D eigenvalue weighted by molar-refractivity contribution is 7.46. The highest BCUT2D eigenvalue weighted by Crippen LogP contribution is 2.36. The molecule has 118 valence electrons. The van der Waals surface area contributed by atoms with E-state index >= 15 is 0 Å². The minimum Gasteiger partial charge on any atom is -0.388 e. The number of carbonyl (C=O) groups excluding carboxylic acids is 1. The molecule has 0 spiro atoms. The normalized spacial score (nSPS) is 16.2. The summed E-state index contributed by atoms with van der Waals surface area (Å²) < 4.78 is 19.9. The Morgan fingerprint density at radius 3 is 2.33 bits per heavy atom. The molecule has 3 atom stereocenters. The number of carbonyl (C=O) groups is 1. The zero-order chi connectivity index (χ0) is 15.9. The third kappa shape index (κ3) is 6.92. The lowest BCUT2D eigenvalue weighted by Crippen LogP contribution is -2.42. The standard InChI is InChI=1S/C12H17O8P/c13-6-10(14)12(11(15)8-20-21(16,17)18)19-7-9-4-2-1-3-5-9/h1-6,10-12,14-15H,7-8H2,(H2,16,17,18)/t10-,11-,12+/m1/s1. The van der Waals surface area contributed by atoms with Crippen LogP contribution < -0.4 is 0 Å². The predicted molar refractivity (Wildman–Crippen MR) is 71.1 cm³/mol. The van der Waals surface area contributed by atoms with E-state index in [1.807, 2.05) is 0 Å². The van der Waals surface area contributed by atoms with Gasteiger partial charge in [-0.25, -0.2) is 4.57 Å². The second kappa shape index (κ2) is 8.35. The lowest BCUT2D eigenvalue weighted by Gasteiger charge is -2.25. The SMILES string of the molecule is O=C[C@@H](O)[C@H](OCc1ccccc1)[C@H](O)COP(=O)(O)O. The fourth-order valence-electron chi connectivity index (χ4n) is 1.55. The largest absolute Gasteiger partial charge is 0.469 e. The van der Waals surface area contributed by atoms with Gasteiger partial charge >= 0.3 is 7.82 Å². The number of benzene rings is 1. The van der Waals surface area contributed by atoms with Crippen LogP contribution in [-0.4, -0.2) is 51.2 Å². The van der Waals surface area contributed by atoms with Crippen molar-refractivity contribution in [2.45, 2.75) is 24.9 Å². The molecule has 0 amide bonds. The zero-order valence-electron chi connectivity index (χ0n) is 11.0. The number of aliphatic hydroxyl groups excluding tert-OH is 2. The molecule has 8 nitrogen and oxygen atoms in total. The van der Waals surface area contributed by atoms with Crippen LogP contribution >= 0.6 is 7.82 Å². The van der Waals surface area contributed by atoms with Crippen molar-refractivity contribution in [2.24, 2.45) is 0 Å². The van der Waals surface area contributed by atoms with Crippen molar-refractivity contribution in [2.75, 3.05) is 6.61 Å². The van der Waals surface area contributed by atoms with Crippen molar-refractivity contribution in [3.05, 3.63) is 35.9 Å². The molecule has 0 radical (unpaired) electrons. The first-order valence-electron chi connectivity index (χ1n) is 6.00. The van der Waals surface area contributed by atoms with Gasteiger partial charge in [0.25, 0.3) is 0 Å². The molecule has 21 heavy (non-hydrogen) atoms. The first-order chi connectivity index (χ1) is 9.83. The topological polar surface area (TPSA) is 134 Å². The first-order valence-corrected chi connectivity index (χ1v) is 7.53. The second-order valence-corrected chi connectivity index (χ2v) is 5.48. The van der Waals surface area contributed by atoms with E-state index in [9.17, 15) is 19.6 Å². The molecular formula is C12H17O8P. The summed E-state index contributed by atoms with van der Waals surface area (Å²) in [5.41, 5.74) is 0.740. The van der Waals surface area contributed by atoms with Crippen LogP contribution in [0.2, 0.25) is 0 Å². The predicted octanol–water partition coefficient (Wildman–Crippen LogP) is -0.398. The van der Waals surface area contributed by atoms with Crippen molar-refractivity contribution in [3.63, 3.8) is 0 Å². The lowest BCUT2D eigenvalue weighted by atomic mass is 10.1. The van der Waals surface area contributed by atoms with E-state index in [2.05, 4.69) is 4.52 Å². The smallest absolute Gasteiger partial charge is 0.388 e. The van der Waals surface area contributed by atoms with Crippen LogP contribution in [0.4, 0.5) is 0 Å². The van der Waals surface area contributed by atoms with Crippen LogP contribution in [0.15, 0.2) is 30.3 Å². The summed E-state index contributed by atoms with van der Waals surface area (Å²) in [6.45, 7) is -0.780. The van der Waals surface area contributed by atoms with Gasteiger partial charge < -0.3 is 29.5 Å². The van der Waals surface area contributed by atoms with Crippen molar-refractivity contribution < 1.29 is 38.6 Å². The van der Waals surface area contributed by atoms with E-state index in [1.165, 1.54) is 0 Å². The fraction of sp³-hybridized carbons (Fsp3) is 0.417. The molecule has 4 N–H and O–H groups in total. The maximum Gasteiger partial charge on any atom is 0.469 e. The minimum atomic E-state index is -4.76. The third-order valence-corrected chi connectivity index (χ3v) is 3.04. The molecule has 0 fully saturated rings. The van der Waals surface area contributed by atoms with Crippen LogP contribution in [0, 0.1) is 0 Å². The lowest BCUT2D eigenvalue weighted by molar-refractivity contribution is -0.139. The number of phosphoric acid groups is 1. The molecule has 0 aliphatic rings. The molecule has 1 aromatic rings. The highest BCUT2D eigenvalue weighted by atomic mass is 31.2. The van der Waals surface area contributed by atoms with Gasteiger partial charge in [-0.1, -0.05) is 30.3 Å².